The summed E-state index contributed by atoms with van der Waals surface area (Å²) in [5.41, 5.74) is -2.22. The number of carbonyl (C=O) groups excluding carboxylic acids is 9. The molecule has 574 valence electrons. The maximum Gasteiger partial charge on any atom is 0.338 e. The van der Waals surface area contributed by atoms with E-state index in [0.717, 1.165) is 64.4 Å². The quantitative estimate of drug-likeness (QED) is 0.0151. The number of carbonyl (C=O) groups is 9. The lowest BCUT2D eigenvalue weighted by atomic mass is 9.44. The molecule has 11 rings (SSSR count). The minimum absolute atomic E-state index is 0.00362. The van der Waals surface area contributed by atoms with Crippen molar-refractivity contribution in [3.8, 4) is 0 Å². The first-order valence-electron chi connectivity index (χ1n) is 37.7. The van der Waals surface area contributed by atoms with Crippen LogP contribution in [0, 0.1) is 45.8 Å². The van der Waals surface area contributed by atoms with Crippen LogP contribution in [0.1, 0.15) is 197 Å². The molecule has 6 saturated carbocycles. The van der Waals surface area contributed by atoms with Crippen LogP contribution in [-0.2, 0) is 66.7 Å². The molecule has 3 aromatic rings. The van der Waals surface area contributed by atoms with Crippen molar-refractivity contribution >= 4 is 59.1 Å². The molecule has 1 saturated heterocycles. The number of hydrazone groups is 1. The van der Waals surface area contributed by atoms with Crippen molar-refractivity contribution in [3.63, 3.8) is 0 Å². The van der Waals surface area contributed by atoms with Crippen molar-refractivity contribution < 1.29 is 96.7 Å². The largest absolute Gasteiger partial charge is 0.461 e. The standard InChI is InChI=1S/C84H103N3O20/c1-47(31-38-62(91)54-33-34-54)60-36-37-61-53(29-21-41-81(60,61)9)32-35-58-42-59(90)43-63(49(58)3)103-68(93)30-20-22-48(2)86-87-67(92)39-40-69(94)105-65-44-66-83(46-101-66,107-52(6)89)74-76(106-78(98)57-27-18-13-19-28-57)84(100)45-64(50(4)70(80(84,7)8)73(102-51(5)88)75(96)82(65,74)10)104-79(99)72(95)71(55-23-14-11-15-24-55)85-77(97)56-25-16-12-17-26-56/h11-19,23-28,31-32,35,38,47,54,59-66,71-74,76,90-91,95,100H,3,20-22,29-30,33-34,36-37,39-46H2,1-2,4-10H3,(H,85,97)(H,87,92)/b38-31+,53-32+,58-35-,86-48+/t47-,59+,60?,61?,62?,63-,64?,65?,66?,71?,72?,73?,74?,76?,81+,82?,83?,84?/m0/s1. The number of nitrogens with zero attached hydrogens (tertiary/aromatic N) is 1. The van der Waals surface area contributed by atoms with Gasteiger partial charge < -0.3 is 58.9 Å². The van der Waals surface area contributed by atoms with Crippen molar-refractivity contribution in [3.05, 3.63) is 166 Å². The monoisotopic (exact) mass is 1470 g/mol. The number of amides is 2. The van der Waals surface area contributed by atoms with Crippen LogP contribution in [0.2, 0.25) is 0 Å². The Hall–Kier alpha value is -8.74. The zero-order chi connectivity index (χ0) is 77.1. The van der Waals surface area contributed by atoms with Gasteiger partial charge in [0.1, 0.15) is 36.1 Å². The van der Waals surface area contributed by atoms with Crippen LogP contribution in [0.4, 0.5) is 0 Å². The highest BCUT2D eigenvalue weighted by molar-refractivity contribution is 5.97. The second-order valence-electron chi connectivity index (χ2n) is 31.8. The summed E-state index contributed by atoms with van der Waals surface area (Å²) in [6.45, 7) is 18.3. The van der Waals surface area contributed by atoms with E-state index in [1.165, 1.54) is 45.4 Å². The minimum Gasteiger partial charge on any atom is -0.461 e. The van der Waals surface area contributed by atoms with Crippen molar-refractivity contribution in [2.75, 3.05) is 6.61 Å². The van der Waals surface area contributed by atoms with E-state index in [0.29, 0.717) is 53.4 Å². The molecule has 23 heteroatoms. The molecule has 7 fully saturated rings. The number of aliphatic hydroxyl groups excluding tert-OH is 3. The molecule has 2 amide bonds. The molecule has 0 aromatic heterocycles. The van der Waals surface area contributed by atoms with E-state index in [2.05, 4.69) is 54.5 Å². The van der Waals surface area contributed by atoms with Crippen molar-refractivity contribution in [2.24, 2.45) is 50.9 Å². The van der Waals surface area contributed by atoms with Gasteiger partial charge in [-0.15, -0.1) is 0 Å². The third-order valence-corrected chi connectivity index (χ3v) is 24.5. The average Bonchev–Trinajstić information content (AvgIpc) is 1.13. The van der Waals surface area contributed by atoms with E-state index in [9.17, 15) is 58.8 Å². The summed E-state index contributed by atoms with van der Waals surface area (Å²) in [7, 11) is 0. The molecule has 14 unspecified atom stereocenters. The number of aliphatic hydroxyl groups is 4. The van der Waals surface area contributed by atoms with Crippen LogP contribution in [0.5, 0.6) is 0 Å². The maximum atomic E-state index is 16.5. The molecule has 18 atom stereocenters. The summed E-state index contributed by atoms with van der Waals surface area (Å²) in [5, 5.41) is 54.8. The second kappa shape index (κ2) is 32.6. The number of esters is 6. The Morgan fingerprint density at radius 1 is 0.757 bits per heavy atom. The Balaban J connectivity index is 0.780. The topological polar surface area (TPSA) is 336 Å². The van der Waals surface area contributed by atoms with Gasteiger partial charge in [-0.2, -0.15) is 5.10 Å². The van der Waals surface area contributed by atoms with Gasteiger partial charge in [0.15, 0.2) is 23.6 Å². The summed E-state index contributed by atoms with van der Waals surface area (Å²) >= 11 is 0. The SMILES string of the molecule is C=C1/C(=C\C=C2/CCC[C@@]3(C)C2CCC3[C@@H](C)/C=C/C(O)C2CC2)C[C@@H](O)C[C@@H]1OC(=O)CCC/C(C)=N/NC(=O)CCC(=O)OC1CC2OCC2(OC(C)=O)C2C(OC(=O)c3ccccc3)C3(O)CC(OC(=O)C(O)C(NC(=O)c4ccccc4)c4ccccc4)C(C)=C(C(OC(C)=O)C(=O)C12C)C3(C)C. The Bertz CT molecular complexity index is 4050. The molecule has 107 heavy (non-hydrogen) atoms. The Labute approximate surface area is 625 Å². The van der Waals surface area contributed by atoms with E-state index >= 15 is 4.79 Å². The van der Waals surface area contributed by atoms with Crippen molar-refractivity contribution in [1.29, 1.82) is 0 Å². The van der Waals surface area contributed by atoms with E-state index < -0.39 is 162 Å². The van der Waals surface area contributed by atoms with Crippen LogP contribution < -0.4 is 10.7 Å². The van der Waals surface area contributed by atoms with E-state index in [-0.39, 0.29) is 59.5 Å². The van der Waals surface area contributed by atoms with Gasteiger partial charge in [-0.25, -0.2) is 15.0 Å². The fourth-order valence-corrected chi connectivity index (χ4v) is 18.5. The molecule has 8 aliphatic rings. The molecule has 23 nitrogen and oxygen atoms in total. The van der Waals surface area contributed by atoms with Crippen LogP contribution in [0.15, 0.2) is 155 Å². The van der Waals surface area contributed by atoms with Gasteiger partial charge >= 0.3 is 35.8 Å². The summed E-state index contributed by atoms with van der Waals surface area (Å²) in [4.78, 5) is 128. The predicted molar refractivity (Wildman–Crippen MR) is 392 cm³/mol. The zero-order valence-corrected chi connectivity index (χ0v) is 62.6. The third kappa shape index (κ3) is 16.5. The third-order valence-electron chi connectivity index (χ3n) is 24.5. The molecule has 1 heterocycles. The lowest BCUT2D eigenvalue weighted by Gasteiger charge is -2.67. The second-order valence-corrected chi connectivity index (χ2v) is 31.8. The van der Waals surface area contributed by atoms with Crippen molar-refractivity contribution in [1.82, 2.24) is 10.7 Å². The molecule has 2 bridgehead atoms. The van der Waals surface area contributed by atoms with Crippen LogP contribution >= 0.6 is 0 Å². The molecule has 0 radical (unpaired) electrons. The fourth-order valence-electron chi connectivity index (χ4n) is 18.5. The van der Waals surface area contributed by atoms with E-state index in [1.54, 1.807) is 85.8 Å². The number of ether oxygens (including phenoxy) is 7. The first kappa shape index (κ1) is 79.3. The highest BCUT2D eigenvalue weighted by Crippen LogP contribution is 2.66. The summed E-state index contributed by atoms with van der Waals surface area (Å²) in [5.74, 6) is -8.04. The smallest absolute Gasteiger partial charge is 0.338 e. The van der Waals surface area contributed by atoms with E-state index in [4.69, 9.17) is 33.2 Å². The lowest BCUT2D eigenvalue weighted by Crippen LogP contribution is -2.82. The average molecular weight is 1470 g/mol. The Kier molecular flexibility index (Phi) is 24.2. The number of allylic oxidation sites excluding steroid dienone is 4. The molecular formula is C84H103N3O20. The van der Waals surface area contributed by atoms with Crippen LogP contribution in [-0.4, -0.2) is 152 Å². The molecule has 0 spiro atoms. The number of nitrogens with one attached hydrogen (secondary N) is 2. The first-order chi connectivity index (χ1) is 50.8. The molecule has 7 aliphatic carbocycles. The van der Waals surface area contributed by atoms with Gasteiger partial charge in [0.25, 0.3) is 5.91 Å². The van der Waals surface area contributed by atoms with Crippen LogP contribution in [0.3, 0.4) is 0 Å². The molecule has 3 aromatic carbocycles. The Morgan fingerprint density at radius 3 is 2.07 bits per heavy atom. The first-order valence-corrected chi connectivity index (χ1v) is 37.7. The molecule has 1 aliphatic heterocycles. The fraction of sp³-hybridized carbons (Fsp3) is 0.548. The van der Waals surface area contributed by atoms with E-state index in [1.807, 2.05) is 6.08 Å². The number of hydrogen-bond acceptors (Lipinski definition) is 21. The number of rotatable bonds is 25. The van der Waals surface area contributed by atoms with Gasteiger partial charge in [0.05, 0.1) is 48.2 Å². The number of Topliss-reactive ketones (excluding diaryl/α,β-unsaturated/α-hetero) is 1. The summed E-state index contributed by atoms with van der Waals surface area (Å²) < 4.78 is 43.6. The minimum atomic E-state index is -2.57. The number of ketones is 1. The molecule has 6 N–H and O–H groups in total. The van der Waals surface area contributed by atoms with Gasteiger partial charge in [-0.05, 0) is 166 Å². The Morgan fingerprint density at radius 2 is 1.42 bits per heavy atom. The highest BCUT2D eigenvalue weighted by Gasteiger charge is 2.79. The lowest BCUT2D eigenvalue weighted by molar-refractivity contribution is -0.346. The highest BCUT2D eigenvalue weighted by atomic mass is 16.6. The summed E-state index contributed by atoms with van der Waals surface area (Å²) in [6.07, 6.45) is 2.86. The zero-order valence-electron chi connectivity index (χ0n) is 62.6. The van der Waals surface area contributed by atoms with Gasteiger partial charge in [0.2, 0.25) is 5.91 Å². The number of fused-ring (bicyclic) bond motifs is 6. The maximum absolute atomic E-state index is 16.5. The van der Waals surface area contributed by atoms with Gasteiger partial charge in [0, 0.05) is 62.6 Å². The summed E-state index contributed by atoms with van der Waals surface area (Å²) in [6, 6.07) is 22.5. The predicted octanol–water partition coefficient (Wildman–Crippen LogP) is 10.4. The normalized spacial score (nSPS) is 32.1. The number of hydrogen-bond donors (Lipinski definition) is 6. The van der Waals surface area contributed by atoms with Gasteiger partial charge in [-0.3, -0.25) is 33.6 Å². The van der Waals surface area contributed by atoms with Crippen molar-refractivity contribution in [2.45, 2.75) is 237 Å². The van der Waals surface area contributed by atoms with Gasteiger partial charge in [-0.1, -0.05) is 131 Å². The molecular weight excluding hydrogens is 1370 g/mol. The number of benzene rings is 3. The van der Waals surface area contributed by atoms with Crippen LogP contribution in [0.25, 0.3) is 0 Å².